The van der Waals surface area contributed by atoms with Gasteiger partial charge in [-0.2, -0.15) is 0 Å². The Balaban J connectivity index is 1.76. The van der Waals surface area contributed by atoms with E-state index >= 15 is 0 Å². The number of amides is 2. The number of likely N-dealkylation sites (tertiary alicyclic amines) is 1. The van der Waals surface area contributed by atoms with Crippen molar-refractivity contribution >= 4 is 23.4 Å². The van der Waals surface area contributed by atoms with E-state index in [2.05, 4.69) is 10.3 Å². The van der Waals surface area contributed by atoms with Crippen LogP contribution < -0.4 is 5.32 Å². The van der Waals surface area contributed by atoms with Crippen molar-refractivity contribution in [3.05, 3.63) is 64.9 Å². The zero-order chi connectivity index (χ0) is 18.4. The molecular formula is C20H22ClN3O2. The normalized spacial score (nSPS) is 16.0. The van der Waals surface area contributed by atoms with E-state index in [0.29, 0.717) is 18.0 Å². The van der Waals surface area contributed by atoms with Crippen molar-refractivity contribution in [2.45, 2.75) is 31.7 Å². The average molecular weight is 372 g/mol. The minimum atomic E-state index is -0.337. The molecule has 0 unspecified atom stereocenters. The van der Waals surface area contributed by atoms with Gasteiger partial charge in [0, 0.05) is 30.4 Å². The summed E-state index contributed by atoms with van der Waals surface area (Å²) < 4.78 is 0. The molecule has 0 radical (unpaired) electrons. The summed E-state index contributed by atoms with van der Waals surface area (Å²) in [5.41, 5.74) is 1.79. The number of pyridine rings is 1. The predicted molar refractivity (Wildman–Crippen MR) is 101 cm³/mol. The van der Waals surface area contributed by atoms with Gasteiger partial charge in [0.1, 0.15) is 0 Å². The number of rotatable bonds is 5. The van der Waals surface area contributed by atoms with Gasteiger partial charge >= 0.3 is 0 Å². The fraction of sp³-hybridized carbons (Fsp3) is 0.350. The molecule has 5 nitrogen and oxygen atoms in total. The van der Waals surface area contributed by atoms with Crippen molar-refractivity contribution in [2.24, 2.45) is 0 Å². The van der Waals surface area contributed by atoms with Gasteiger partial charge in [-0.25, -0.2) is 0 Å². The van der Waals surface area contributed by atoms with Crippen LogP contribution in [0.4, 0.5) is 0 Å². The molecule has 6 heteroatoms. The van der Waals surface area contributed by atoms with E-state index in [0.717, 1.165) is 30.4 Å². The third kappa shape index (κ3) is 4.82. The monoisotopic (exact) mass is 371 g/mol. The highest BCUT2D eigenvalue weighted by atomic mass is 35.5. The molecule has 1 fully saturated rings. The van der Waals surface area contributed by atoms with Crippen LogP contribution in [0.15, 0.2) is 48.8 Å². The second kappa shape index (κ2) is 8.81. The molecule has 1 aromatic carbocycles. The van der Waals surface area contributed by atoms with Crippen molar-refractivity contribution < 1.29 is 9.59 Å². The van der Waals surface area contributed by atoms with Gasteiger partial charge < -0.3 is 10.2 Å². The number of hydrogen-bond donors (Lipinski definition) is 1. The first-order valence-electron chi connectivity index (χ1n) is 8.86. The Morgan fingerprint density at radius 2 is 1.96 bits per heavy atom. The largest absolute Gasteiger partial charge is 0.344 e. The lowest BCUT2D eigenvalue weighted by Crippen LogP contribution is -2.41. The van der Waals surface area contributed by atoms with Gasteiger partial charge in [0.05, 0.1) is 12.6 Å². The number of nitrogens with one attached hydrogen (secondary N) is 1. The highest BCUT2D eigenvalue weighted by Crippen LogP contribution is 2.23. The van der Waals surface area contributed by atoms with E-state index in [1.165, 1.54) is 0 Å². The Kier molecular flexibility index (Phi) is 6.23. The zero-order valence-electron chi connectivity index (χ0n) is 14.5. The van der Waals surface area contributed by atoms with Crippen LogP contribution in [0.5, 0.6) is 0 Å². The Hall–Kier alpha value is -2.40. The summed E-state index contributed by atoms with van der Waals surface area (Å²) in [6.45, 7) is 0.730. The molecule has 136 valence electrons. The zero-order valence-corrected chi connectivity index (χ0v) is 15.3. The third-order valence-corrected chi connectivity index (χ3v) is 4.78. The summed E-state index contributed by atoms with van der Waals surface area (Å²) >= 11 is 5.98. The maximum absolute atomic E-state index is 12.6. The smallest absolute Gasteiger partial charge is 0.240 e. The molecule has 0 saturated carbocycles. The molecule has 2 amide bonds. The fourth-order valence-electron chi connectivity index (χ4n) is 3.15. The van der Waals surface area contributed by atoms with Crippen LogP contribution in [0, 0.1) is 0 Å². The molecule has 0 bridgehead atoms. The highest BCUT2D eigenvalue weighted by molar-refractivity contribution is 6.30. The maximum atomic E-state index is 12.6. The van der Waals surface area contributed by atoms with Crippen molar-refractivity contribution in [3.63, 3.8) is 0 Å². The molecule has 1 aliphatic rings. The Labute approximate surface area is 158 Å². The number of hydrogen-bond acceptors (Lipinski definition) is 3. The molecule has 1 N–H and O–H groups in total. The highest BCUT2D eigenvalue weighted by Gasteiger charge is 2.22. The number of halogens is 1. The van der Waals surface area contributed by atoms with Crippen LogP contribution in [-0.2, 0) is 9.59 Å². The lowest BCUT2D eigenvalue weighted by atomic mass is 10.00. The number of nitrogens with zero attached hydrogens (tertiary/aromatic N) is 2. The van der Waals surface area contributed by atoms with E-state index < -0.39 is 0 Å². The van der Waals surface area contributed by atoms with Gasteiger partial charge in [0.15, 0.2) is 0 Å². The SMILES string of the molecule is O=C(CN1CCCCCC1=O)N[C@H](c1ccc(Cl)cc1)c1cccnc1. The summed E-state index contributed by atoms with van der Waals surface area (Å²) in [5.74, 6) is -0.119. The molecule has 2 aromatic rings. The molecule has 2 heterocycles. The maximum Gasteiger partial charge on any atom is 0.240 e. The lowest BCUT2D eigenvalue weighted by Gasteiger charge is -2.23. The summed E-state index contributed by atoms with van der Waals surface area (Å²) in [6.07, 6.45) is 6.84. The van der Waals surface area contributed by atoms with E-state index in [-0.39, 0.29) is 24.4 Å². The minimum absolute atomic E-state index is 0.0575. The van der Waals surface area contributed by atoms with Gasteiger partial charge in [0.25, 0.3) is 0 Å². The first-order chi connectivity index (χ1) is 12.6. The van der Waals surface area contributed by atoms with E-state index in [4.69, 9.17) is 11.6 Å². The number of carbonyl (C=O) groups excluding carboxylic acids is 2. The van der Waals surface area contributed by atoms with Crippen molar-refractivity contribution in [2.75, 3.05) is 13.1 Å². The average Bonchev–Trinajstić information content (AvgIpc) is 2.86. The van der Waals surface area contributed by atoms with Crippen LogP contribution in [0.1, 0.15) is 42.9 Å². The lowest BCUT2D eigenvalue weighted by molar-refractivity contribution is -0.135. The number of aromatic nitrogens is 1. The first kappa shape index (κ1) is 18.4. The van der Waals surface area contributed by atoms with Gasteiger partial charge in [-0.15, -0.1) is 0 Å². The molecule has 1 aliphatic heterocycles. The van der Waals surface area contributed by atoms with E-state index in [1.54, 1.807) is 29.4 Å². The number of benzene rings is 1. The molecule has 3 rings (SSSR count). The Morgan fingerprint density at radius 1 is 1.15 bits per heavy atom. The topological polar surface area (TPSA) is 62.3 Å². The van der Waals surface area contributed by atoms with Crippen molar-refractivity contribution in [1.29, 1.82) is 0 Å². The molecule has 1 saturated heterocycles. The summed E-state index contributed by atoms with van der Waals surface area (Å²) in [4.78, 5) is 30.6. The molecule has 1 aromatic heterocycles. The van der Waals surface area contributed by atoms with Crippen LogP contribution in [0.3, 0.4) is 0 Å². The number of carbonyl (C=O) groups is 2. The van der Waals surface area contributed by atoms with Crippen LogP contribution in [0.25, 0.3) is 0 Å². The standard InChI is InChI=1S/C20H22ClN3O2/c21-17-9-7-15(8-10-17)20(16-5-4-11-22-13-16)23-18(25)14-24-12-3-1-2-6-19(24)26/h4-5,7-11,13,20H,1-3,6,12,14H2,(H,23,25)/t20-/m1/s1. The van der Waals surface area contributed by atoms with Gasteiger partial charge in [0.2, 0.25) is 11.8 Å². The Bertz CT molecular complexity index is 749. The molecule has 0 aliphatic carbocycles. The van der Waals surface area contributed by atoms with Crippen LogP contribution >= 0.6 is 11.6 Å². The second-order valence-electron chi connectivity index (χ2n) is 6.46. The quantitative estimate of drug-likeness (QED) is 0.876. The predicted octanol–water partition coefficient (Wildman–Crippen LogP) is 3.34. The van der Waals surface area contributed by atoms with Crippen molar-refractivity contribution in [1.82, 2.24) is 15.2 Å². The van der Waals surface area contributed by atoms with Crippen molar-refractivity contribution in [3.8, 4) is 0 Å². The summed E-state index contributed by atoms with van der Waals surface area (Å²) in [7, 11) is 0. The molecule has 26 heavy (non-hydrogen) atoms. The molecule has 0 spiro atoms. The summed E-state index contributed by atoms with van der Waals surface area (Å²) in [6, 6.07) is 10.8. The van der Waals surface area contributed by atoms with Gasteiger partial charge in [-0.05, 0) is 42.2 Å². The molecular weight excluding hydrogens is 350 g/mol. The van der Waals surface area contributed by atoms with Crippen LogP contribution in [0.2, 0.25) is 5.02 Å². The third-order valence-electron chi connectivity index (χ3n) is 4.53. The van der Waals surface area contributed by atoms with E-state index in [9.17, 15) is 9.59 Å². The minimum Gasteiger partial charge on any atom is -0.344 e. The van der Waals surface area contributed by atoms with Gasteiger partial charge in [-0.1, -0.05) is 36.2 Å². The molecule has 1 atom stereocenters. The van der Waals surface area contributed by atoms with Crippen LogP contribution in [-0.4, -0.2) is 34.8 Å². The van der Waals surface area contributed by atoms with Gasteiger partial charge in [-0.3, -0.25) is 14.6 Å². The first-order valence-corrected chi connectivity index (χ1v) is 9.24. The fourth-order valence-corrected chi connectivity index (χ4v) is 3.27. The van der Waals surface area contributed by atoms with E-state index in [1.807, 2.05) is 24.3 Å². The second-order valence-corrected chi connectivity index (χ2v) is 6.90. The Morgan fingerprint density at radius 3 is 2.69 bits per heavy atom. The summed E-state index contributed by atoms with van der Waals surface area (Å²) in [5, 5.41) is 3.68.